The monoisotopic (exact) mass is 363 g/mol. The highest BCUT2D eigenvalue weighted by atomic mass is 16.5. The largest absolute Gasteiger partial charge is 0.496 e. The van der Waals surface area contributed by atoms with Crippen LogP contribution < -0.4 is 10.5 Å². The van der Waals surface area contributed by atoms with E-state index in [1.165, 1.54) is 5.56 Å². The summed E-state index contributed by atoms with van der Waals surface area (Å²) >= 11 is 0. The van der Waals surface area contributed by atoms with Crippen LogP contribution in [0.15, 0.2) is 54.9 Å². The van der Waals surface area contributed by atoms with E-state index in [4.69, 9.17) is 10.5 Å². The highest BCUT2D eigenvalue weighted by Crippen LogP contribution is 2.38. The number of methoxy groups -OCH3 is 1. The number of aromatic nitrogens is 2. The van der Waals surface area contributed by atoms with Gasteiger partial charge in [-0.3, -0.25) is 4.79 Å². The zero-order chi connectivity index (χ0) is 19.4. The summed E-state index contributed by atoms with van der Waals surface area (Å²) in [6, 6.07) is 16.2. The topological polar surface area (TPSA) is 70.1 Å². The molecule has 1 heterocycles. The second-order valence-electron chi connectivity index (χ2n) is 6.83. The van der Waals surface area contributed by atoms with Crippen molar-refractivity contribution in [2.45, 2.75) is 32.7 Å². The van der Waals surface area contributed by atoms with Crippen LogP contribution in [0.5, 0.6) is 5.75 Å². The highest BCUT2D eigenvalue weighted by molar-refractivity contribution is 5.82. The number of nitrogens with two attached hydrogens (primary N) is 1. The number of hydrogen-bond donors (Lipinski definition) is 1. The molecule has 5 heteroatoms. The summed E-state index contributed by atoms with van der Waals surface area (Å²) in [6.07, 6.45) is 2.02. The van der Waals surface area contributed by atoms with Gasteiger partial charge >= 0.3 is 0 Å². The molecule has 5 nitrogen and oxygen atoms in total. The first-order valence-corrected chi connectivity index (χ1v) is 9.08. The van der Waals surface area contributed by atoms with Crippen LogP contribution in [0.25, 0.3) is 22.5 Å². The number of amides is 1. The van der Waals surface area contributed by atoms with E-state index < -0.39 is 0 Å². The van der Waals surface area contributed by atoms with Gasteiger partial charge in [0.1, 0.15) is 5.75 Å². The average molecular weight is 363 g/mol. The standard InChI is InChI=1S/C22H25N3O2/c1-15(2)17-9-10-19(27-3)18(13-17)22-21(16-7-5-4-6-8-16)24-14-25(22)12-11-20(23)26/h4-10,13-15H,11-12H2,1-3H3,(H2,23,26). The molecule has 0 saturated heterocycles. The number of rotatable bonds is 7. The Morgan fingerprint density at radius 3 is 2.56 bits per heavy atom. The van der Waals surface area contributed by atoms with Crippen molar-refractivity contribution >= 4 is 5.91 Å². The lowest BCUT2D eigenvalue weighted by Crippen LogP contribution is -2.14. The molecule has 0 aliphatic heterocycles. The van der Waals surface area contributed by atoms with Gasteiger partial charge in [-0.1, -0.05) is 50.2 Å². The van der Waals surface area contributed by atoms with Crippen molar-refractivity contribution in [3.8, 4) is 28.3 Å². The fourth-order valence-corrected chi connectivity index (χ4v) is 3.14. The maximum absolute atomic E-state index is 11.3. The molecular weight excluding hydrogens is 338 g/mol. The van der Waals surface area contributed by atoms with E-state index in [1.54, 1.807) is 13.4 Å². The van der Waals surface area contributed by atoms with Gasteiger partial charge in [0.25, 0.3) is 0 Å². The summed E-state index contributed by atoms with van der Waals surface area (Å²) < 4.78 is 7.62. The van der Waals surface area contributed by atoms with Crippen LogP contribution in [0.4, 0.5) is 0 Å². The van der Waals surface area contributed by atoms with Gasteiger partial charge in [0.05, 0.1) is 24.8 Å². The average Bonchev–Trinajstić information content (AvgIpc) is 3.10. The molecule has 2 N–H and O–H groups in total. The van der Waals surface area contributed by atoms with E-state index in [0.717, 1.165) is 28.3 Å². The molecule has 0 aliphatic carbocycles. The molecule has 0 radical (unpaired) electrons. The predicted octanol–water partition coefficient (Wildman–Crippen LogP) is 4.22. The molecule has 0 spiro atoms. The second-order valence-corrected chi connectivity index (χ2v) is 6.83. The number of hydrogen-bond acceptors (Lipinski definition) is 3. The molecule has 0 atom stereocenters. The van der Waals surface area contributed by atoms with Crippen molar-refractivity contribution in [1.82, 2.24) is 9.55 Å². The third-order valence-electron chi connectivity index (χ3n) is 4.63. The SMILES string of the molecule is COc1ccc(C(C)C)cc1-c1c(-c2ccccc2)ncn1CCC(N)=O. The molecule has 3 aromatic rings. The number of benzene rings is 2. The van der Waals surface area contributed by atoms with Gasteiger partial charge in [-0.15, -0.1) is 0 Å². The molecule has 0 fully saturated rings. The number of nitrogens with zero attached hydrogens (tertiary/aromatic N) is 2. The van der Waals surface area contributed by atoms with E-state index >= 15 is 0 Å². The van der Waals surface area contributed by atoms with Gasteiger partial charge < -0.3 is 15.0 Å². The Morgan fingerprint density at radius 2 is 1.93 bits per heavy atom. The Bertz CT molecular complexity index is 930. The molecule has 3 rings (SSSR count). The van der Waals surface area contributed by atoms with Crippen LogP contribution in [-0.2, 0) is 11.3 Å². The Labute approximate surface area is 159 Å². The van der Waals surface area contributed by atoms with E-state index in [-0.39, 0.29) is 12.3 Å². The lowest BCUT2D eigenvalue weighted by Gasteiger charge is -2.16. The molecular formula is C22H25N3O2. The van der Waals surface area contributed by atoms with Crippen molar-refractivity contribution in [2.75, 3.05) is 7.11 Å². The van der Waals surface area contributed by atoms with Crippen molar-refractivity contribution in [3.63, 3.8) is 0 Å². The van der Waals surface area contributed by atoms with Crippen LogP contribution in [0, 0.1) is 0 Å². The van der Waals surface area contributed by atoms with Gasteiger partial charge in [0.2, 0.25) is 5.91 Å². The van der Waals surface area contributed by atoms with E-state index in [1.807, 2.05) is 41.0 Å². The summed E-state index contributed by atoms with van der Waals surface area (Å²) in [6.45, 7) is 4.79. The maximum Gasteiger partial charge on any atom is 0.219 e. The Morgan fingerprint density at radius 1 is 1.19 bits per heavy atom. The lowest BCUT2D eigenvalue weighted by atomic mass is 9.97. The second kappa shape index (κ2) is 8.08. The van der Waals surface area contributed by atoms with Crippen LogP contribution in [-0.4, -0.2) is 22.6 Å². The van der Waals surface area contributed by atoms with E-state index in [9.17, 15) is 4.79 Å². The van der Waals surface area contributed by atoms with Gasteiger partial charge in [0, 0.05) is 24.1 Å². The minimum atomic E-state index is -0.334. The summed E-state index contributed by atoms with van der Waals surface area (Å²) in [5.74, 6) is 0.827. The van der Waals surface area contributed by atoms with Crippen LogP contribution in [0.1, 0.15) is 31.7 Å². The molecule has 1 aromatic heterocycles. The molecule has 0 saturated carbocycles. The molecule has 27 heavy (non-hydrogen) atoms. The Balaban J connectivity index is 2.21. The van der Waals surface area contributed by atoms with E-state index in [2.05, 4.69) is 31.0 Å². The number of ether oxygens (including phenoxy) is 1. The smallest absolute Gasteiger partial charge is 0.219 e. The fraction of sp³-hybridized carbons (Fsp3) is 0.273. The first-order valence-electron chi connectivity index (χ1n) is 9.08. The quantitative estimate of drug-likeness (QED) is 0.683. The fourth-order valence-electron chi connectivity index (χ4n) is 3.14. The zero-order valence-electron chi connectivity index (χ0n) is 16.0. The van der Waals surface area contributed by atoms with Gasteiger partial charge in [-0.2, -0.15) is 0 Å². The van der Waals surface area contributed by atoms with Crippen molar-refractivity contribution in [2.24, 2.45) is 5.73 Å². The van der Waals surface area contributed by atoms with Crippen molar-refractivity contribution in [3.05, 3.63) is 60.4 Å². The van der Waals surface area contributed by atoms with Crippen molar-refractivity contribution < 1.29 is 9.53 Å². The van der Waals surface area contributed by atoms with Crippen LogP contribution in [0.3, 0.4) is 0 Å². The molecule has 140 valence electrons. The minimum absolute atomic E-state index is 0.254. The van der Waals surface area contributed by atoms with Crippen LogP contribution >= 0.6 is 0 Å². The zero-order valence-corrected chi connectivity index (χ0v) is 16.0. The third-order valence-corrected chi connectivity index (χ3v) is 4.63. The molecule has 0 unspecified atom stereocenters. The molecule has 0 aliphatic rings. The highest BCUT2D eigenvalue weighted by Gasteiger charge is 2.19. The molecule has 1 amide bonds. The number of carbonyl (C=O) groups excluding carboxylic acids is 1. The summed E-state index contributed by atoms with van der Waals surface area (Å²) in [5, 5.41) is 0. The Hall–Kier alpha value is -3.08. The van der Waals surface area contributed by atoms with Gasteiger partial charge in [0.15, 0.2) is 0 Å². The first kappa shape index (κ1) is 18.7. The summed E-state index contributed by atoms with van der Waals surface area (Å²) in [7, 11) is 1.67. The maximum atomic E-state index is 11.3. The van der Waals surface area contributed by atoms with Gasteiger partial charge in [-0.25, -0.2) is 4.98 Å². The number of primary amides is 1. The minimum Gasteiger partial charge on any atom is -0.496 e. The van der Waals surface area contributed by atoms with Crippen LogP contribution in [0.2, 0.25) is 0 Å². The van der Waals surface area contributed by atoms with Gasteiger partial charge in [-0.05, 0) is 23.6 Å². The predicted molar refractivity (Wildman–Crippen MR) is 108 cm³/mol. The normalized spacial score (nSPS) is 11.0. The summed E-state index contributed by atoms with van der Waals surface area (Å²) in [4.78, 5) is 16.0. The van der Waals surface area contributed by atoms with E-state index in [0.29, 0.717) is 12.5 Å². The molecule has 2 aromatic carbocycles. The van der Waals surface area contributed by atoms with Crippen molar-refractivity contribution in [1.29, 1.82) is 0 Å². The molecule has 0 bridgehead atoms. The number of aryl methyl sites for hydroxylation is 1. The first-order chi connectivity index (χ1) is 13.0. The summed E-state index contributed by atoms with van der Waals surface area (Å²) in [5.41, 5.74) is 10.4. The number of imidazole rings is 1. The number of carbonyl (C=O) groups is 1. The lowest BCUT2D eigenvalue weighted by molar-refractivity contribution is -0.118. The third kappa shape index (κ3) is 4.03. The Kier molecular flexibility index (Phi) is 5.60.